The van der Waals surface area contributed by atoms with Crippen molar-refractivity contribution >= 4 is 27.4 Å². The Morgan fingerprint density at radius 1 is 1.12 bits per heavy atom. The minimum Gasteiger partial charge on any atom is -0.396 e. The lowest BCUT2D eigenvalue weighted by molar-refractivity contribution is 0.283. The number of hydrogen-bond acceptors (Lipinski definition) is 4. The molecule has 0 bridgehead atoms. The van der Waals surface area contributed by atoms with Crippen LogP contribution in [0.3, 0.4) is 0 Å². The van der Waals surface area contributed by atoms with E-state index < -0.39 is 0 Å². The number of rotatable bonds is 7. The molecule has 0 amide bonds. The Balaban J connectivity index is 1.79. The number of unbranched alkanes of at least 4 members (excludes halogenated alkanes) is 3. The van der Waals surface area contributed by atoms with Gasteiger partial charge in [0.25, 0.3) is 0 Å². The van der Waals surface area contributed by atoms with Crippen LogP contribution in [0.25, 0.3) is 10.9 Å². The summed E-state index contributed by atoms with van der Waals surface area (Å²) >= 11 is 1.53. The van der Waals surface area contributed by atoms with Gasteiger partial charge in [-0.1, -0.05) is 25.0 Å². The average Bonchev–Trinajstić information content (AvgIpc) is 2.77. The number of benzene rings is 1. The molecule has 0 spiro atoms. The smallest absolute Gasteiger partial charge is 0.117 e. The van der Waals surface area contributed by atoms with E-state index in [-0.39, 0.29) is 0 Å². The molecule has 0 fully saturated rings. The molecule has 3 nitrogen and oxygen atoms in total. The molecule has 4 heteroatoms. The lowest BCUT2D eigenvalue weighted by Gasteiger charge is -2.03. The van der Waals surface area contributed by atoms with Crippen LogP contribution < -0.4 is 5.32 Å². The van der Waals surface area contributed by atoms with Crippen LogP contribution in [-0.4, -0.2) is 22.6 Å². The van der Waals surface area contributed by atoms with Gasteiger partial charge in [0.2, 0.25) is 0 Å². The molecule has 1 heterocycles. The molecule has 0 aliphatic rings. The summed E-state index contributed by atoms with van der Waals surface area (Å²) in [6, 6.07) is 8.20. The van der Waals surface area contributed by atoms with Gasteiger partial charge in [-0.05, 0) is 36.5 Å². The highest BCUT2D eigenvalue weighted by Crippen LogP contribution is 2.27. The molecule has 17 heavy (non-hydrogen) atoms. The first-order valence-corrected chi connectivity index (χ1v) is 6.88. The summed E-state index contributed by atoms with van der Waals surface area (Å²) in [6.07, 6.45) is 4.35. The highest BCUT2D eigenvalue weighted by molar-refractivity contribution is 7.11. The van der Waals surface area contributed by atoms with Crippen LogP contribution in [0, 0.1) is 0 Å². The zero-order valence-electron chi connectivity index (χ0n) is 9.85. The maximum Gasteiger partial charge on any atom is 0.117 e. The van der Waals surface area contributed by atoms with Crippen molar-refractivity contribution in [2.45, 2.75) is 25.7 Å². The average molecular weight is 250 g/mol. The summed E-state index contributed by atoms with van der Waals surface area (Å²) in [4.78, 5) is 0. The maximum absolute atomic E-state index is 8.67. The number of aliphatic hydroxyl groups is 1. The first-order valence-electron chi connectivity index (χ1n) is 6.11. The van der Waals surface area contributed by atoms with Gasteiger partial charge in [-0.3, -0.25) is 0 Å². The SMILES string of the molecule is OCCCCCCNc1snc2ccccc12. The van der Waals surface area contributed by atoms with Crippen molar-refractivity contribution < 1.29 is 5.11 Å². The zero-order valence-corrected chi connectivity index (χ0v) is 10.7. The fourth-order valence-corrected chi connectivity index (χ4v) is 2.60. The molecule has 0 atom stereocenters. The lowest BCUT2D eigenvalue weighted by atomic mass is 10.2. The van der Waals surface area contributed by atoms with E-state index in [1.807, 2.05) is 18.2 Å². The van der Waals surface area contributed by atoms with Crippen molar-refractivity contribution in [2.24, 2.45) is 0 Å². The number of fused-ring (bicyclic) bond motifs is 1. The van der Waals surface area contributed by atoms with E-state index in [1.54, 1.807) is 0 Å². The van der Waals surface area contributed by atoms with E-state index in [0.717, 1.165) is 31.3 Å². The van der Waals surface area contributed by atoms with Crippen LogP contribution in [0.5, 0.6) is 0 Å². The van der Waals surface area contributed by atoms with Crippen LogP contribution in [-0.2, 0) is 0 Å². The number of nitrogens with zero attached hydrogens (tertiary/aromatic N) is 1. The monoisotopic (exact) mass is 250 g/mol. The summed E-state index contributed by atoms with van der Waals surface area (Å²) in [5.74, 6) is 0. The third-order valence-corrected chi connectivity index (χ3v) is 3.59. The molecule has 0 unspecified atom stereocenters. The van der Waals surface area contributed by atoms with Gasteiger partial charge in [0.05, 0.1) is 5.52 Å². The summed E-state index contributed by atoms with van der Waals surface area (Å²) < 4.78 is 4.39. The van der Waals surface area contributed by atoms with Crippen LogP contribution in [0.4, 0.5) is 5.00 Å². The molecule has 2 rings (SSSR count). The minimum absolute atomic E-state index is 0.312. The highest BCUT2D eigenvalue weighted by atomic mass is 32.1. The largest absolute Gasteiger partial charge is 0.396 e. The second-order valence-corrected chi connectivity index (χ2v) is 4.87. The Hall–Kier alpha value is -1.13. The lowest BCUT2D eigenvalue weighted by Crippen LogP contribution is -2.00. The molecule has 2 N–H and O–H groups in total. The van der Waals surface area contributed by atoms with E-state index >= 15 is 0 Å². The van der Waals surface area contributed by atoms with Gasteiger partial charge in [-0.15, -0.1) is 0 Å². The zero-order chi connectivity index (χ0) is 11.9. The van der Waals surface area contributed by atoms with Gasteiger partial charge in [0, 0.05) is 18.5 Å². The molecule has 2 aromatic rings. The highest BCUT2D eigenvalue weighted by Gasteiger charge is 2.03. The molecule has 0 saturated heterocycles. The molecule has 0 radical (unpaired) electrons. The first-order chi connectivity index (χ1) is 8.42. The Labute approximate surface area is 106 Å². The minimum atomic E-state index is 0.312. The fraction of sp³-hybridized carbons (Fsp3) is 0.462. The van der Waals surface area contributed by atoms with Gasteiger partial charge < -0.3 is 10.4 Å². The standard InChI is InChI=1S/C13H18N2OS/c16-10-6-2-1-5-9-14-13-11-7-3-4-8-12(11)15-17-13/h3-4,7-8,14,16H,1-2,5-6,9-10H2. The Morgan fingerprint density at radius 3 is 2.82 bits per heavy atom. The molecule has 1 aromatic heterocycles. The van der Waals surface area contributed by atoms with E-state index in [9.17, 15) is 0 Å². The van der Waals surface area contributed by atoms with Crippen molar-refractivity contribution in [3.8, 4) is 0 Å². The van der Waals surface area contributed by atoms with Gasteiger partial charge in [0.1, 0.15) is 5.00 Å². The number of anilines is 1. The van der Waals surface area contributed by atoms with Crippen LogP contribution in [0.1, 0.15) is 25.7 Å². The van der Waals surface area contributed by atoms with Gasteiger partial charge in [0.15, 0.2) is 0 Å². The topological polar surface area (TPSA) is 45.1 Å². The van der Waals surface area contributed by atoms with E-state index in [2.05, 4.69) is 15.8 Å². The van der Waals surface area contributed by atoms with Crippen molar-refractivity contribution in [1.29, 1.82) is 0 Å². The number of nitrogens with one attached hydrogen (secondary N) is 1. The van der Waals surface area contributed by atoms with Crippen molar-refractivity contribution in [2.75, 3.05) is 18.5 Å². The van der Waals surface area contributed by atoms with Crippen LogP contribution >= 0.6 is 11.5 Å². The second-order valence-electron chi connectivity index (χ2n) is 4.09. The van der Waals surface area contributed by atoms with E-state index in [1.165, 1.54) is 28.3 Å². The normalized spacial score (nSPS) is 10.9. The van der Waals surface area contributed by atoms with Crippen molar-refractivity contribution in [1.82, 2.24) is 4.37 Å². The second kappa shape index (κ2) is 6.57. The summed E-state index contributed by atoms with van der Waals surface area (Å²) in [7, 11) is 0. The summed E-state index contributed by atoms with van der Waals surface area (Å²) in [5, 5.41) is 14.5. The van der Waals surface area contributed by atoms with Gasteiger partial charge in [-0.25, -0.2) is 0 Å². The van der Waals surface area contributed by atoms with Crippen molar-refractivity contribution in [3.63, 3.8) is 0 Å². The van der Waals surface area contributed by atoms with E-state index in [0.29, 0.717) is 6.61 Å². The predicted molar refractivity (Wildman–Crippen MR) is 73.7 cm³/mol. The van der Waals surface area contributed by atoms with Crippen molar-refractivity contribution in [3.05, 3.63) is 24.3 Å². The Bertz CT molecular complexity index is 455. The van der Waals surface area contributed by atoms with E-state index in [4.69, 9.17) is 5.11 Å². The molecular formula is C13H18N2OS. The quantitative estimate of drug-likeness (QED) is 0.741. The first kappa shape index (κ1) is 12.3. The molecule has 0 aliphatic heterocycles. The predicted octanol–water partition coefficient (Wildman–Crippen LogP) is 3.26. The number of aromatic nitrogens is 1. The fourth-order valence-electron chi connectivity index (χ4n) is 1.81. The van der Waals surface area contributed by atoms with Crippen LogP contribution in [0.2, 0.25) is 0 Å². The molecular weight excluding hydrogens is 232 g/mol. The third kappa shape index (κ3) is 3.41. The molecule has 0 aliphatic carbocycles. The molecule has 92 valence electrons. The Kier molecular flexibility index (Phi) is 4.76. The Morgan fingerprint density at radius 2 is 1.94 bits per heavy atom. The van der Waals surface area contributed by atoms with Gasteiger partial charge in [-0.2, -0.15) is 4.37 Å². The summed E-state index contributed by atoms with van der Waals surface area (Å²) in [5.41, 5.74) is 1.07. The number of hydrogen-bond donors (Lipinski definition) is 2. The maximum atomic E-state index is 8.67. The third-order valence-electron chi connectivity index (χ3n) is 2.75. The number of aliphatic hydroxyl groups excluding tert-OH is 1. The summed E-state index contributed by atoms with van der Waals surface area (Å²) in [6.45, 7) is 1.30. The van der Waals surface area contributed by atoms with Gasteiger partial charge >= 0.3 is 0 Å². The van der Waals surface area contributed by atoms with Crippen LogP contribution in [0.15, 0.2) is 24.3 Å². The molecule has 0 saturated carbocycles. The molecule has 1 aromatic carbocycles.